The van der Waals surface area contributed by atoms with Gasteiger partial charge < -0.3 is 4.98 Å². The van der Waals surface area contributed by atoms with Crippen LogP contribution >= 0.6 is 0 Å². The average molecular weight is 363 g/mol. The highest BCUT2D eigenvalue weighted by Crippen LogP contribution is 2.54. The molecule has 0 spiro atoms. The van der Waals surface area contributed by atoms with Crippen molar-refractivity contribution in [3.05, 3.63) is 89.9 Å². The van der Waals surface area contributed by atoms with Gasteiger partial charge in [-0.05, 0) is 63.5 Å². The van der Waals surface area contributed by atoms with Crippen LogP contribution in [0.1, 0.15) is 39.2 Å². The normalized spacial score (nSPS) is 20.0. The monoisotopic (exact) mass is 362 g/mol. The van der Waals surface area contributed by atoms with E-state index in [-0.39, 0.29) is 5.54 Å². The van der Waals surface area contributed by atoms with Gasteiger partial charge in [-0.2, -0.15) is 0 Å². The van der Waals surface area contributed by atoms with Gasteiger partial charge in [0.05, 0.1) is 0 Å². The summed E-state index contributed by atoms with van der Waals surface area (Å²) < 4.78 is 0. The topological polar surface area (TPSA) is 12.0 Å². The van der Waals surface area contributed by atoms with E-state index in [0.29, 0.717) is 0 Å². The molecule has 0 aliphatic heterocycles. The number of fused-ring (bicyclic) bond motifs is 1. The average Bonchev–Trinajstić information content (AvgIpc) is 2.94. The second kappa shape index (κ2) is 7.86. The van der Waals surface area contributed by atoms with Crippen molar-refractivity contribution in [1.29, 1.82) is 0 Å². The first kappa shape index (κ1) is 19.6. The minimum atomic E-state index is -1.71. The van der Waals surface area contributed by atoms with Crippen LogP contribution in [0.2, 0.25) is 13.1 Å². The van der Waals surface area contributed by atoms with Crippen LogP contribution in [0.5, 0.6) is 0 Å². The van der Waals surface area contributed by atoms with E-state index >= 15 is 0 Å². The van der Waals surface area contributed by atoms with E-state index in [1.54, 1.807) is 5.54 Å². The fraction of sp³-hybridized carbons (Fsp3) is 0.375. The molecule has 1 N–H and O–H groups in total. The molecule has 0 amide bonds. The minimum absolute atomic E-state index is 0.140. The van der Waals surface area contributed by atoms with Gasteiger partial charge in [0.25, 0.3) is 0 Å². The molecule has 5 radical (unpaired) electrons. The zero-order chi connectivity index (χ0) is 18.8. The highest BCUT2D eigenvalue weighted by molar-refractivity contribution is 6.82. The molecular formula is C24H32NSi. The molecule has 1 aromatic rings. The number of nitrogens with one attached hydrogen (secondary N) is 1. The summed E-state index contributed by atoms with van der Waals surface area (Å²) in [5.41, 5.74) is 3.13. The second-order valence-electron chi connectivity index (χ2n) is 8.97. The number of benzene rings is 1. The number of allylic oxidation sites excluding steroid dienone is 4. The lowest BCUT2D eigenvalue weighted by Gasteiger charge is -2.39. The predicted octanol–water partition coefficient (Wildman–Crippen LogP) is 5.78. The van der Waals surface area contributed by atoms with Crippen LogP contribution in [-0.4, -0.2) is 13.8 Å². The maximum Gasteiger partial charge on any atom is 0.127 e. The SMILES string of the molecule is CC(C)(C)N[Si](C)(C)[C]1[CH][C](CCCc2ccccc2)[C]2C=CC=C[C]21. The Bertz CT molecular complexity index is 638. The van der Waals surface area contributed by atoms with Crippen molar-refractivity contribution < 1.29 is 0 Å². The number of aryl methyl sites for hydroxylation is 1. The van der Waals surface area contributed by atoms with Crippen LogP contribution in [0.25, 0.3) is 0 Å². The molecule has 0 aromatic heterocycles. The second-order valence-corrected chi connectivity index (χ2v) is 13.0. The molecule has 1 nitrogen and oxygen atoms in total. The Hall–Kier alpha value is -1.12. The Labute approximate surface area is 162 Å². The highest BCUT2D eigenvalue weighted by atomic mass is 28.3. The Morgan fingerprint density at radius 3 is 2.19 bits per heavy atom. The predicted molar refractivity (Wildman–Crippen MR) is 115 cm³/mol. The van der Waals surface area contributed by atoms with Gasteiger partial charge >= 0.3 is 0 Å². The van der Waals surface area contributed by atoms with E-state index in [4.69, 9.17) is 0 Å². The smallest absolute Gasteiger partial charge is 0.127 e. The molecule has 1 fully saturated rings. The van der Waals surface area contributed by atoms with Crippen molar-refractivity contribution in [3.63, 3.8) is 0 Å². The third-order valence-corrected chi connectivity index (χ3v) is 8.13. The molecule has 0 atom stereocenters. The molecule has 0 heterocycles. The van der Waals surface area contributed by atoms with Crippen molar-refractivity contribution in [3.8, 4) is 0 Å². The summed E-state index contributed by atoms with van der Waals surface area (Å²) in [6.07, 6.45) is 15.0. The summed E-state index contributed by atoms with van der Waals surface area (Å²) >= 11 is 0. The first-order valence-corrected chi connectivity index (χ1v) is 12.8. The van der Waals surface area contributed by atoms with Crippen LogP contribution in [0.4, 0.5) is 0 Å². The lowest BCUT2D eigenvalue weighted by Crippen LogP contribution is -2.58. The molecule has 26 heavy (non-hydrogen) atoms. The third-order valence-electron chi connectivity index (χ3n) is 5.00. The van der Waals surface area contributed by atoms with Gasteiger partial charge in [-0.3, -0.25) is 0 Å². The highest BCUT2D eigenvalue weighted by Gasteiger charge is 2.50. The van der Waals surface area contributed by atoms with E-state index in [9.17, 15) is 0 Å². The molecule has 2 aliphatic carbocycles. The van der Waals surface area contributed by atoms with E-state index in [1.165, 1.54) is 29.7 Å². The van der Waals surface area contributed by atoms with Crippen molar-refractivity contribution >= 4 is 8.24 Å². The number of hydrogen-bond acceptors (Lipinski definition) is 1. The van der Waals surface area contributed by atoms with Crippen LogP contribution in [-0.2, 0) is 6.42 Å². The van der Waals surface area contributed by atoms with Gasteiger partial charge in [0, 0.05) is 17.4 Å². The zero-order valence-corrected chi connectivity index (χ0v) is 17.9. The first-order chi connectivity index (χ1) is 12.3. The lowest BCUT2D eigenvalue weighted by molar-refractivity contribution is 0.512. The zero-order valence-electron chi connectivity index (χ0n) is 16.9. The quantitative estimate of drug-likeness (QED) is 0.632. The molecule has 2 heteroatoms. The van der Waals surface area contributed by atoms with Gasteiger partial charge in [0.15, 0.2) is 0 Å². The Morgan fingerprint density at radius 1 is 0.885 bits per heavy atom. The van der Waals surface area contributed by atoms with Gasteiger partial charge in [0.1, 0.15) is 8.24 Å². The number of hydrogen-bond donors (Lipinski definition) is 1. The molecule has 3 rings (SSSR count). The van der Waals surface area contributed by atoms with E-state index < -0.39 is 8.24 Å². The minimum Gasteiger partial charge on any atom is -0.332 e. The van der Waals surface area contributed by atoms with Crippen LogP contribution in [0.15, 0.2) is 54.6 Å². The van der Waals surface area contributed by atoms with Gasteiger partial charge in [0.2, 0.25) is 0 Å². The van der Waals surface area contributed by atoms with Crippen LogP contribution in [0.3, 0.4) is 0 Å². The summed E-state index contributed by atoms with van der Waals surface area (Å²) in [5, 5.41) is 0. The standard InChI is InChI=1S/C24H32NSi/c1-24(2,3)25-26(4,5)23-18-20(21-16-9-10-17-22(21)23)15-11-14-19-12-7-6-8-13-19/h6-10,12-13,16-18,25H,11,14-15H2,1-5H3. The largest absolute Gasteiger partial charge is 0.332 e. The van der Waals surface area contributed by atoms with Gasteiger partial charge in [-0.1, -0.05) is 67.7 Å². The maximum atomic E-state index is 3.94. The molecule has 1 aromatic carbocycles. The molecule has 0 bridgehead atoms. The summed E-state index contributed by atoms with van der Waals surface area (Å²) in [6, 6.07) is 10.8. The van der Waals surface area contributed by atoms with Crippen LogP contribution < -0.4 is 4.98 Å². The van der Waals surface area contributed by atoms with Gasteiger partial charge in [-0.25, -0.2) is 0 Å². The molecule has 0 unspecified atom stereocenters. The Balaban J connectivity index is 1.66. The molecule has 2 aliphatic rings. The fourth-order valence-corrected chi connectivity index (χ4v) is 7.62. The van der Waals surface area contributed by atoms with Crippen molar-refractivity contribution in [2.45, 2.75) is 58.7 Å². The van der Waals surface area contributed by atoms with Crippen molar-refractivity contribution in [1.82, 2.24) is 4.98 Å². The van der Waals surface area contributed by atoms with Crippen molar-refractivity contribution in [2.75, 3.05) is 0 Å². The lowest BCUT2D eigenvalue weighted by atomic mass is 9.83. The summed E-state index contributed by atoms with van der Waals surface area (Å²) in [6.45, 7) is 11.7. The third kappa shape index (κ3) is 4.78. The fourth-order valence-electron chi connectivity index (χ4n) is 4.18. The van der Waals surface area contributed by atoms with Crippen LogP contribution in [0, 0.1) is 29.7 Å². The Kier molecular flexibility index (Phi) is 5.93. The van der Waals surface area contributed by atoms with Crippen molar-refractivity contribution in [2.24, 2.45) is 0 Å². The number of rotatable bonds is 6. The van der Waals surface area contributed by atoms with E-state index in [1.807, 2.05) is 0 Å². The molecule has 1 saturated carbocycles. The van der Waals surface area contributed by atoms with Gasteiger partial charge in [-0.15, -0.1) is 0 Å². The summed E-state index contributed by atoms with van der Waals surface area (Å²) in [5.74, 6) is 4.42. The molecule has 0 saturated heterocycles. The van der Waals surface area contributed by atoms with E-state index in [0.717, 1.165) is 12.8 Å². The first-order valence-electron chi connectivity index (χ1n) is 9.77. The Morgan fingerprint density at radius 2 is 1.54 bits per heavy atom. The molecular weight excluding hydrogens is 330 g/mol. The summed E-state index contributed by atoms with van der Waals surface area (Å²) in [7, 11) is -1.71. The maximum absolute atomic E-state index is 3.94. The molecule has 137 valence electrons. The summed E-state index contributed by atoms with van der Waals surface area (Å²) in [4.78, 5) is 3.94. The van der Waals surface area contributed by atoms with E-state index in [2.05, 4.69) is 99.9 Å².